The van der Waals surface area contributed by atoms with Crippen molar-refractivity contribution in [3.8, 4) is 23.1 Å². The fourth-order valence-electron chi connectivity index (χ4n) is 2.40. The normalized spacial score (nSPS) is 10.9. The number of methoxy groups -OCH3 is 1. The second-order valence-corrected chi connectivity index (χ2v) is 5.00. The Hall–Kier alpha value is -3.55. The highest BCUT2D eigenvalue weighted by Gasteiger charge is 2.15. The summed E-state index contributed by atoms with van der Waals surface area (Å²) in [7, 11) is 1.60. The topological polar surface area (TPSA) is 105 Å². The van der Waals surface area contributed by atoms with Gasteiger partial charge in [0.15, 0.2) is 5.82 Å². The highest BCUT2D eigenvalue weighted by molar-refractivity contribution is 5.86. The molecular formula is C16H13N7O. The first-order valence-electron chi connectivity index (χ1n) is 7.19. The number of pyridine rings is 1. The molecule has 0 aliphatic rings. The van der Waals surface area contributed by atoms with E-state index in [0.717, 1.165) is 10.9 Å². The van der Waals surface area contributed by atoms with Gasteiger partial charge in [0.25, 0.3) is 0 Å². The molecule has 0 unspecified atom stereocenters. The van der Waals surface area contributed by atoms with Crippen LogP contribution in [0.25, 0.3) is 28.2 Å². The summed E-state index contributed by atoms with van der Waals surface area (Å²) in [6, 6.07) is 11.0. The van der Waals surface area contributed by atoms with E-state index >= 15 is 0 Å². The van der Waals surface area contributed by atoms with Crippen molar-refractivity contribution >= 4 is 16.9 Å². The number of hydrogen-bond acceptors (Lipinski definition) is 7. The van der Waals surface area contributed by atoms with Gasteiger partial charge in [-0.15, -0.1) is 5.10 Å². The van der Waals surface area contributed by atoms with Gasteiger partial charge in [-0.2, -0.15) is 9.67 Å². The van der Waals surface area contributed by atoms with Gasteiger partial charge in [-0.3, -0.25) is 4.98 Å². The molecule has 0 saturated carbocycles. The Balaban J connectivity index is 1.90. The molecule has 8 heteroatoms. The lowest BCUT2D eigenvalue weighted by molar-refractivity contribution is 0.415. The molecule has 0 fully saturated rings. The molecule has 24 heavy (non-hydrogen) atoms. The molecular weight excluding hydrogens is 306 g/mol. The van der Waals surface area contributed by atoms with Crippen LogP contribution in [0.15, 0.2) is 48.9 Å². The maximum absolute atomic E-state index is 6.04. The SMILES string of the molecule is COc1ccc2ncnc(-n3nc(-c4ccccn4)nc3N)c2c1. The van der Waals surface area contributed by atoms with Crippen LogP contribution in [-0.2, 0) is 0 Å². The zero-order valence-corrected chi connectivity index (χ0v) is 12.8. The number of anilines is 1. The zero-order valence-electron chi connectivity index (χ0n) is 12.8. The van der Waals surface area contributed by atoms with Crippen LogP contribution < -0.4 is 10.5 Å². The summed E-state index contributed by atoms with van der Waals surface area (Å²) in [6.07, 6.45) is 3.14. The molecule has 4 rings (SSSR count). The average Bonchev–Trinajstić information content (AvgIpc) is 3.03. The smallest absolute Gasteiger partial charge is 0.225 e. The minimum Gasteiger partial charge on any atom is -0.497 e. The summed E-state index contributed by atoms with van der Waals surface area (Å²) in [4.78, 5) is 17.1. The van der Waals surface area contributed by atoms with Crippen LogP contribution in [0.4, 0.5) is 5.95 Å². The fraction of sp³-hybridized carbons (Fsp3) is 0.0625. The van der Waals surface area contributed by atoms with Gasteiger partial charge in [-0.1, -0.05) is 6.07 Å². The van der Waals surface area contributed by atoms with Crippen molar-refractivity contribution in [3.05, 3.63) is 48.9 Å². The van der Waals surface area contributed by atoms with Gasteiger partial charge in [0.2, 0.25) is 11.8 Å². The van der Waals surface area contributed by atoms with Crippen molar-refractivity contribution in [1.29, 1.82) is 0 Å². The Bertz CT molecular complexity index is 1010. The summed E-state index contributed by atoms with van der Waals surface area (Å²) in [5.41, 5.74) is 7.44. The van der Waals surface area contributed by atoms with E-state index in [1.54, 1.807) is 13.3 Å². The average molecular weight is 319 g/mol. The predicted octanol–water partition coefficient (Wildman–Crippen LogP) is 1.86. The Morgan fingerprint density at radius 2 is 2.00 bits per heavy atom. The second kappa shape index (κ2) is 5.58. The number of aromatic nitrogens is 6. The second-order valence-electron chi connectivity index (χ2n) is 5.00. The third-order valence-electron chi connectivity index (χ3n) is 3.55. The van der Waals surface area contributed by atoms with Crippen molar-refractivity contribution in [2.24, 2.45) is 0 Å². The van der Waals surface area contributed by atoms with Crippen LogP contribution in [0.1, 0.15) is 0 Å². The molecule has 4 aromatic rings. The van der Waals surface area contributed by atoms with Crippen molar-refractivity contribution in [2.75, 3.05) is 12.8 Å². The van der Waals surface area contributed by atoms with Gasteiger partial charge >= 0.3 is 0 Å². The Morgan fingerprint density at radius 3 is 2.79 bits per heavy atom. The summed E-state index contributed by atoms with van der Waals surface area (Å²) in [6.45, 7) is 0. The van der Waals surface area contributed by atoms with Gasteiger partial charge in [0.05, 0.1) is 12.6 Å². The number of nitrogens with zero attached hydrogens (tertiary/aromatic N) is 6. The van der Waals surface area contributed by atoms with Crippen molar-refractivity contribution in [3.63, 3.8) is 0 Å². The largest absolute Gasteiger partial charge is 0.497 e. The number of hydrogen-bond donors (Lipinski definition) is 1. The van der Waals surface area contributed by atoms with Crippen LogP contribution >= 0.6 is 0 Å². The first-order valence-corrected chi connectivity index (χ1v) is 7.19. The number of nitrogen functional groups attached to an aromatic ring is 1. The maximum Gasteiger partial charge on any atom is 0.225 e. The standard InChI is InChI=1S/C16H13N7O/c1-24-10-5-6-12-11(8-10)15(20-9-19-12)23-16(17)21-14(22-23)13-4-2-3-7-18-13/h2-9H,1H3,(H2,17,21,22). The van der Waals surface area contributed by atoms with E-state index in [0.29, 0.717) is 23.1 Å². The Morgan fingerprint density at radius 1 is 1.08 bits per heavy atom. The van der Waals surface area contributed by atoms with Crippen LogP contribution in [0.3, 0.4) is 0 Å². The molecule has 8 nitrogen and oxygen atoms in total. The highest BCUT2D eigenvalue weighted by Crippen LogP contribution is 2.25. The summed E-state index contributed by atoms with van der Waals surface area (Å²) in [5, 5.41) is 5.21. The lowest BCUT2D eigenvalue weighted by Gasteiger charge is -2.07. The zero-order chi connectivity index (χ0) is 16.5. The molecule has 0 radical (unpaired) electrons. The van der Waals surface area contributed by atoms with Crippen molar-refractivity contribution < 1.29 is 4.74 Å². The number of rotatable bonds is 3. The summed E-state index contributed by atoms with van der Waals surface area (Å²) >= 11 is 0. The monoisotopic (exact) mass is 319 g/mol. The number of fused-ring (bicyclic) bond motifs is 1. The van der Waals surface area contributed by atoms with E-state index in [2.05, 4.69) is 25.0 Å². The molecule has 0 aliphatic heterocycles. The first kappa shape index (κ1) is 14.1. The van der Waals surface area contributed by atoms with E-state index in [1.165, 1.54) is 11.0 Å². The van der Waals surface area contributed by atoms with Gasteiger partial charge in [-0.25, -0.2) is 9.97 Å². The van der Waals surface area contributed by atoms with E-state index in [4.69, 9.17) is 10.5 Å². The van der Waals surface area contributed by atoms with Crippen molar-refractivity contribution in [2.45, 2.75) is 0 Å². The number of benzene rings is 1. The Labute approximate surface area is 137 Å². The van der Waals surface area contributed by atoms with Crippen LogP contribution in [0.2, 0.25) is 0 Å². The van der Waals surface area contributed by atoms with E-state index in [-0.39, 0.29) is 5.95 Å². The molecule has 0 amide bonds. The summed E-state index contributed by atoms with van der Waals surface area (Å²) in [5.74, 6) is 1.88. The lowest BCUT2D eigenvalue weighted by Crippen LogP contribution is -2.06. The summed E-state index contributed by atoms with van der Waals surface area (Å²) < 4.78 is 6.76. The minimum atomic E-state index is 0.221. The molecule has 0 atom stereocenters. The van der Waals surface area contributed by atoms with E-state index in [1.807, 2.05) is 36.4 Å². The molecule has 0 spiro atoms. The van der Waals surface area contributed by atoms with Gasteiger partial charge in [-0.05, 0) is 30.3 Å². The third kappa shape index (κ3) is 2.30. The molecule has 3 heterocycles. The maximum atomic E-state index is 6.04. The van der Waals surface area contributed by atoms with Crippen LogP contribution in [0, 0.1) is 0 Å². The Kier molecular flexibility index (Phi) is 3.27. The van der Waals surface area contributed by atoms with Gasteiger partial charge in [0.1, 0.15) is 17.8 Å². The van der Waals surface area contributed by atoms with Crippen LogP contribution in [0.5, 0.6) is 5.75 Å². The molecule has 3 aromatic heterocycles. The minimum absolute atomic E-state index is 0.221. The number of nitrogens with two attached hydrogens (primary N) is 1. The molecule has 0 bridgehead atoms. The van der Waals surface area contributed by atoms with E-state index in [9.17, 15) is 0 Å². The molecule has 2 N–H and O–H groups in total. The molecule has 0 aliphatic carbocycles. The van der Waals surface area contributed by atoms with E-state index < -0.39 is 0 Å². The van der Waals surface area contributed by atoms with Gasteiger partial charge in [0, 0.05) is 11.6 Å². The molecule has 0 saturated heterocycles. The number of ether oxygens (including phenoxy) is 1. The van der Waals surface area contributed by atoms with Gasteiger partial charge < -0.3 is 10.5 Å². The van der Waals surface area contributed by atoms with Crippen molar-refractivity contribution in [1.82, 2.24) is 29.7 Å². The predicted molar refractivity (Wildman–Crippen MR) is 88.7 cm³/mol. The quantitative estimate of drug-likeness (QED) is 0.614. The highest BCUT2D eigenvalue weighted by atomic mass is 16.5. The van der Waals surface area contributed by atoms with Crippen LogP contribution in [-0.4, -0.2) is 36.8 Å². The fourth-order valence-corrected chi connectivity index (χ4v) is 2.40. The first-order chi connectivity index (χ1) is 11.8. The molecule has 1 aromatic carbocycles. The molecule has 118 valence electrons. The third-order valence-corrected chi connectivity index (χ3v) is 3.55. The lowest BCUT2D eigenvalue weighted by atomic mass is 10.2.